The van der Waals surface area contributed by atoms with Crippen molar-refractivity contribution in [3.63, 3.8) is 0 Å². The first-order valence-corrected chi connectivity index (χ1v) is 17.8. The van der Waals surface area contributed by atoms with Crippen LogP contribution in [0.25, 0.3) is 0 Å². The number of carbonyl (C=O) groups is 4. The fraction of sp³-hybridized carbons (Fsp3) is 0.333. The van der Waals surface area contributed by atoms with Crippen LogP contribution in [0.3, 0.4) is 0 Å². The van der Waals surface area contributed by atoms with Crippen molar-refractivity contribution in [2.75, 3.05) is 13.1 Å². The SMILES string of the molecule is CCCN(Cc1ccc(Oc2ccccc2)cc1)C(=O)CC1C(CC(=O)N(CCC)Cc2ccc(Oc3ccccc3)cc2)C(C(=O)O)C1C(=O)O. The first kappa shape index (κ1) is 37.6. The van der Waals surface area contributed by atoms with Crippen LogP contribution in [-0.4, -0.2) is 56.9 Å². The quantitative estimate of drug-likeness (QED) is 0.107. The summed E-state index contributed by atoms with van der Waals surface area (Å²) in [6.45, 7) is 5.39. The highest BCUT2D eigenvalue weighted by molar-refractivity contribution is 5.86. The third kappa shape index (κ3) is 9.78. The van der Waals surface area contributed by atoms with Crippen LogP contribution < -0.4 is 9.47 Å². The van der Waals surface area contributed by atoms with E-state index in [2.05, 4.69) is 0 Å². The van der Waals surface area contributed by atoms with Crippen molar-refractivity contribution in [2.45, 2.75) is 52.6 Å². The van der Waals surface area contributed by atoms with Gasteiger partial charge in [0.05, 0.1) is 11.8 Å². The number of ether oxygens (including phenoxy) is 2. The summed E-state index contributed by atoms with van der Waals surface area (Å²) in [5.41, 5.74) is 1.74. The van der Waals surface area contributed by atoms with E-state index < -0.39 is 35.6 Å². The van der Waals surface area contributed by atoms with Crippen LogP contribution in [-0.2, 0) is 32.3 Å². The Morgan fingerprint density at radius 1 is 0.519 bits per heavy atom. The molecule has 0 aromatic heterocycles. The Balaban J connectivity index is 1.26. The number of rotatable bonds is 18. The second kappa shape index (κ2) is 18.0. The van der Waals surface area contributed by atoms with Gasteiger partial charge in [-0.1, -0.05) is 74.5 Å². The van der Waals surface area contributed by atoms with Gasteiger partial charge in [-0.3, -0.25) is 19.2 Å². The van der Waals surface area contributed by atoms with Gasteiger partial charge in [0.25, 0.3) is 0 Å². The van der Waals surface area contributed by atoms with E-state index in [4.69, 9.17) is 9.47 Å². The minimum atomic E-state index is -1.27. The predicted molar refractivity (Wildman–Crippen MR) is 196 cm³/mol. The highest BCUT2D eigenvalue weighted by Crippen LogP contribution is 2.50. The molecule has 4 atom stereocenters. The molecule has 5 rings (SSSR count). The van der Waals surface area contributed by atoms with Crippen LogP contribution in [0.15, 0.2) is 109 Å². The third-order valence-corrected chi connectivity index (χ3v) is 9.49. The molecule has 0 bridgehead atoms. The van der Waals surface area contributed by atoms with Crippen molar-refractivity contribution in [3.8, 4) is 23.0 Å². The first-order valence-electron chi connectivity index (χ1n) is 17.8. The largest absolute Gasteiger partial charge is 0.481 e. The number of hydrogen-bond donors (Lipinski definition) is 2. The summed E-state index contributed by atoms with van der Waals surface area (Å²) >= 11 is 0. The zero-order chi connectivity index (χ0) is 37.0. The van der Waals surface area contributed by atoms with Crippen molar-refractivity contribution in [1.29, 1.82) is 0 Å². The molecule has 4 aromatic rings. The van der Waals surface area contributed by atoms with Crippen molar-refractivity contribution in [2.24, 2.45) is 23.7 Å². The van der Waals surface area contributed by atoms with E-state index in [1.54, 1.807) is 9.80 Å². The molecule has 272 valence electrons. The Morgan fingerprint density at radius 3 is 1.15 bits per heavy atom. The maximum absolute atomic E-state index is 13.8. The molecule has 0 radical (unpaired) electrons. The minimum Gasteiger partial charge on any atom is -0.481 e. The molecule has 10 nitrogen and oxygen atoms in total. The van der Waals surface area contributed by atoms with Gasteiger partial charge < -0.3 is 29.5 Å². The van der Waals surface area contributed by atoms with E-state index in [1.807, 2.05) is 123 Å². The summed E-state index contributed by atoms with van der Waals surface area (Å²) < 4.78 is 11.8. The van der Waals surface area contributed by atoms with Crippen LogP contribution in [0, 0.1) is 23.7 Å². The number of carboxylic acid groups (broad SMARTS) is 2. The summed E-state index contributed by atoms with van der Waals surface area (Å²) in [5, 5.41) is 20.2. The number of carbonyl (C=O) groups excluding carboxylic acids is 2. The number of nitrogens with zero attached hydrogens (tertiary/aromatic N) is 2. The van der Waals surface area contributed by atoms with Crippen molar-refractivity contribution in [3.05, 3.63) is 120 Å². The molecular weight excluding hydrogens is 660 g/mol. The molecule has 1 aliphatic carbocycles. The lowest BCUT2D eigenvalue weighted by atomic mass is 9.54. The number of benzene rings is 4. The van der Waals surface area contributed by atoms with Crippen LogP contribution >= 0.6 is 0 Å². The van der Waals surface area contributed by atoms with E-state index >= 15 is 0 Å². The van der Waals surface area contributed by atoms with Gasteiger partial charge in [-0.15, -0.1) is 0 Å². The van der Waals surface area contributed by atoms with Gasteiger partial charge in [0.1, 0.15) is 23.0 Å². The molecule has 0 spiro atoms. The van der Waals surface area contributed by atoms with Crippen LogP contribution in [0.2, 0.25) is 0 Å². The second-order valence-electron chi connectivity index (χ2n) is 13.2. The highest BCUT2D eigenvalue weighted by Gasteiger charge is 2.58. The van der Waals surface area contributed by atoms with E-state index in [0.29, 0.717) is 62.0 Å². The predicted octanol–water partition coefficient (Wildman–Crippen LogP) is 7.88. The molecule has 0 heterocycles. The lowest BCUT2D eigenvalue weighted by Gasteiger charge is -2.48. The van der Waals surface area contributed by atoms with Gasteiger partial charge in [-0.05, 0) is 84.3 Å². The smallest absolute Gasteiger partial charge is 0.307 e. The zero-order valence-electron chi connectivity index (χ0n) is 29.6. The maximum atomic E-state index is 13.8. The number of amides is 2. The Morgan fingerprint density at radius 2 is 0.846 bits per heavy atom. The molecule has 1 aliphatic rings. The fourth-order valence-corrected chi connectivity index (χ4v) is 6.95. The molecule has 0 aliphatic heterocycles. The summed E-state index contributed by atoms with van der Waals surface area (Å²) in [7, 11) is 0. The molecule has 10 heteroatoms. The summed E-state index contributed by atoms with van der Waals surface area (Å²) in [6.07, 6.45) is 1.03. The summed E-state index contributed by atoms with van der Waals surface area (Å²) in [4.78, 5) is 55.7. The van der Waals surface area contributed by atoms with Gasteiger partial charge in [-0.2, -0.15) is 0 Å². The molecule has 1 fully saturated rings. The average molecular weight is 707 g/mol. The lowest BCUT2D eigenvalue weighted by molar-refractivity contribution is -0.179. The number of carboxylic acids is 2. The van der Waals surface area contributed by atoms with Gasteiger partial charge in [-0.25, -0.2) is 0 Å². The van der Waals surface area contributed by atoms with Gasteiger partial charge in [0, 0.05) is 39.0 Å². The van der Waals surface area contributed by atoms with E-state index in [0.717, 1.165) is 11.1 Å². The summed E-state index contributed by atoms with van der Waals surface area (Å²) in [6, 6.07) is 33.7. The third-order valence-electron chi connectivity index (χ3n) is 9.49. The Hall–Kier alpha value is -5.64. The Labute approximate surface area is 304 Å². The highest BCUT2D eigenvalue weighted by atomic mass is 16.5. The number of aliphatic carboxylic acids is 2. The lowest BCUT2D eigenvalue weighted by Crippen LogP contribution is -2.56. The number of hydrogen-bond acceptors (Lipinski definition) is 6. The topological polar surface area (TPSA) is 134 Å². The minimum absolute atomic E-state index is 0.162. The molecule has 4 aromatic carbocycles. The molecule has 52 heavy (non-hydrogen) atoms. The number of para-hydroxylation sites is 2. The normalized spacial score (nSPS) is 17.7. The van der Waals surface area contributed by atoms with E-state index in [1.165, 1.54) is 0 Å². The van der Waals surface area contributed by atoms with Crippen LogP contribution in [0.1, 0.15) is 50.7 Å². The van der Waals surface area contributed by atoms with Crippen molar-refractivity contribution < 1.29 is 38.9 Å². The zero-order valence-corrected chi connectivity index (χ0v) is 29.6. The van der Waals surface area contributed by atoms with Crippen LogP contribution in [0.4, 0.5) is 0 Å². The molecule has 2 N–H and O–H groups in total. The second-order valence-corrected chi connectivity index (χ2v) is 13.2. The molecule has 1 saturated carbocycles. The van der Waals surface area contributed by atoms with E-state index in [9.17, 15) is 29.4 Å². The molecule has 2 amide bonds. The Kier molecular flexibility index (Phi) is 13.0. The fourth-order valence-electron chi connectivity index (χ4n) is 6.95. The molecule has 0 saturated heterocycles. The van der Waals surface area contributed by atoms with Crippen LogP contribution in [0.5, 0.6) is 23.0 Å². The standard InChI is InChI=1S/C42H46N2O8/c1-3-23-43(27-29-15-19-33(20-16-29)51-31-11-7-5-8-12-31)37(45)25-35-36(40(42(49)50)39(35)41(47)48)26-38(46)44(24-4-2)28-30-17-21-34(22-18-30)52-32-13-9-6-10-14-32/h5-22,35-36,39-40H,3-4,23-28H2,1-2H3,(H,47,48)(H,49,50). The van der Waals surface area contributed by atoms with Crippen molar-refractivity contribution >= 4 is 23.8 Å². The molecule has 4 unspecified atom stereocenters. The maximum Gasteiger partial charge on any atom is 0.307 e. The van der Waals surface area contributed by atoms with Gasteiger partial charge in [0.15, 0.2) is 0 Å². The molecular formula is C42H46N2O8. The monoisotopic (exact) mass is 706 g/mol. The van der Waals surface area contributed by atoms with Gasteiger partial charge >= 0.3 is 11.9 Å². The van der Waals surface area contributed by atoms with E-state index in [-0.39, 0.29) is 24.7 Å². The first-order chi connectivity index (χ1) is 25.2. The van der Waals surface area contributed by atoms with Crippen molar-refractivity contribution in [1.82, 2.24) is 9.80 Å². The van der Waals surface area contributed by atoms with Gasteiger partial charge in [0.2, 0.25) is 11.8 Å². The summed E-state index contributed by atoms with van der Waals surface area (Å²) in [5.74, 6) is -4.49. The Bertz CT molecular complexity index is 1650. The average Bonchev–Trinajstić information content (AvgIpc) is 3.13.